The number of benzene rings is 1. The average Bonchev–Trinajstić information content (AvgIpc) is 2.76. The fourth-order valence-corrected chi connectivity index (χ4v) is 2.17. The molecule has 0 fully saturated rings. The van der Waals surface area contributed by atoms with Crippen LogP contribution in [0.5, 0.6) is 0 Å². The first kappa shape index (κ1) is 12.6. The molecule has 4 heteroatoms. The Kier molecular flexibility index (Phi) is 3.10. The van der Waals surface area contributed by atoms with Crippen LogP contribution in [0.2, 0.25) is 0 Å². The van der Waals surface area contributed by atoms with Crippen LogP contribution in [-0.2, 0) is 17.4 Å². The molecular formula is C14H17N3O. The van der Waals surface area contributed by atoms with Gasteiger partial charge in [-0.1, -0.05) is 13.0 Å². The quantitative estimate of drug-likeness (QED) is 0.832. The van der Waals surface area contributed by atoms with Crippen LogP contribution in [0.1, 0.15) is 31.7 Å². The molecule has 0 saturated heterocycles. The Labute approximate surface area is 107 Å². The maximum Gasteiger partial charge on any atom is 0.141 e. The molecule has 0 aliphatic carbocycles. The van der Waals surface area contributed by atoms with Crippen LogP contribution in [0.4, 0.5) is 0 Å². The molecule has 0 bridgehead atoms. The highest BCUT2D eigenvalue weighted by Gasteiger charge is 2.30. The summed E-state index contributed by atoms with van der Waals surface area (Å²) in [5.74, 6) is 0.852. The van der Waals surface area contributed by atoms with Crippen molar-refractivity contribution in [1.29, 1.82) is 5.26 Å². The third-order valence-electron chi connectivity index (χ3n) is 3.63. The summed E-state index contributed by atoms with van der Waals surface area (Å²) in [6, 6.07) is 7.82. The van der Waals surface area contributed by atoms with Crippen molar-refractivity contribution in [3.8, 4) is 6.07 Å². The Bertz CT molecular complexity index is 618. The molecule has 2 aromatic rings. The minimum Gasteiger partial charge on any atom is -0.371 e. The summed E-state index contributed by atoms with van der Waals surface area (Å²) in [4.78, 5) is 4.61. The highest BCUT2D eigenvalue weighted by atomic mass is 16.5. The number of ether oxygens (including phenoxy) is 1. The summed E-state index contributed by atoms with van der Waals surface area (Å²) < 4.78 is 7.59. The van der Waals surface area contributed by atoms with E-state index in [2.05, 4.69) is 18.0 Å². The van der Waals surface area contributed by atoms with Gasteiger partial charge in [0.25, 0.3) is 0 Å². The van der Waals surface area contributed by atoms with E-state index in [-0.39, 0.29) is 0 Å². The number of nitrogens with zero attached hydrogens (tertiary/aromatic N) is 3. The lowest BCUT2D eigenvalue weighted by molar-refractivity contribution is -0.0107. The van der Waals surface area contributed by atoms with Gasteiger partial charge >= 0.3 is 0 Å². The number of nitriles is 1. The smallest absolute Gasteiger partial charge is 0.141 e. The zero-order valence-electron chi connectivity index (χ0n) is 11.2. The molecule has 1 unspecified atom stereocenters. The number of fused-ring (bicyclic) bond motifs is 1. The lowest BCUT2D eigenvalue weighted by atomic mass is 10.0. The molecule has 1 aromatic carbocycles. The second kappa shape index (κ2) is 4.43. The fraction of sp³-hybridized carbons (Fsp3) is 0.429. The molecule has 1 heterocycles. The maximum absolute atomic E-state index is 9.12. The van der Waals surface area contributed by atoms with E-state index >= 15 is 0 Å². The van der Waals surface area contributed by atoms with Crippen LogP contribution in [0.25, 0.3) is 11.0 Å². The maximum atomic E-state index is 9.12. The van der Waals surface area contributed by atoms with Crippen molar-refractivity contribution < 1.29 is 4.74 Å². The summed E-state index contributed by atoms with van der Waals surface area (Å²) in [6.07, 6.45) is 0.822. The van der Waals surface area contributed by atoms with E-state index in [0.29, 0.717) is 5.56 Å². The molecule has 2 rings (SSSR count). The van der Waals surface area contributed by atoms with Gasteiger partial charge in [0.05, 0.1) is 11.1 Å². The van der Waals surface area contributed by atoms with Gasteiger partial charge in [0, 0.05) is 14.2 Å². The predicted molar refractivity (Wildman–Crippen MR) is 70.1 cm³/mol. The van der Waals surface area contributed by atoms with Crippen molar-refractivity contribution in [1.82, 2.24) is 9.55 Å². The largest absolute Gasteiger partial charge is 0.371 e. The Balaban J connectivity index is 2.76. The highest BCUT2D eigenvalue weighted by molar-refractivity contribution is 5.82. The van der Waals surface area contributed by atoms with Gasteiger partial charge in [-0.25, -0.2) is 4.98 Å². The van der Waals surface area contributed by atoms with Crippen LogP contribution in [0, 0.1) is 11.3 Å². The van der Waals surface area contributed by atoms with Crippen LogP contribution < -0.4 is 0 Å². The van der Waals surface area contributed by atoms with Gasteiger partial charge in [0.15, 0.2) is 0 Å². The molecule has 0 radical (unpaired) electrons. The number of imidazole rings is 1. The van der Waals surface area contributed by atoms with Crippen LogP contribution in [0.3, 0.4) is 0 Å². The standard InChI is InChI=1S/C14H17N3O/c1-5-14(2,18-4)13-16-12-10(9-15)7-6-8-11(12)17(13)3/h6-8H,5H2,1-4H3. The van der Waals surface area contributed by atoms with Crippen LogP contribution in [-0.4, -0.2) is 16.7 Å². The first-order chi connectivity index (χ1) is 8.57. The van der Waals surface area contributed by atoms with Crippen molar-refractivity contribution in [2.75, 3.05) is 7.11 Å². The second-order valence-electron chi connectivity index (χ2n) is 4.57. The average molecular weight is 243 g/mol. The minimum absolute atomic E-state index is 0.430. The molecule has 0 spiro atoms. The van der Waals surface area contributed by atoms with E-state index in [1.807, 2.05) is 30.7 Å². The van der Waals surface area contributed by atoms with Gasteiger partial charge in [0.1, 0.15) is 23.0 Å². The summed E-state index contributed by atoms with van der Waals surface area (Å²) in [5, 5.41) is 9.12. The van der Waals surface area contributed by atoms with Crippen molar-refractivity contribution >= 4 is 11.0 Å². The number of rotatable bonds is 3. The molecule has 4 nitrogen and oxygen atoms in total. The van der Waals surface area contributed by atoms with Crippen molar-refractivity contribution in [3.63, 3.8) is 0 Å². The summed E-state index contributed by atoms with van der Waals surface area (Å²) in [6.45, 7) is 4.08. The molecule has 94 valence electrons. The second-order valence-corrected chi connectivity index (χ2v) is 4.57. The minimum atomic E-state index is -0.430. The molecule has 0 aliphatic heterocycles. The molecule has 18 heavy (non-hydrogen) atoms. The van der Waals surface area contributed by atoms with Crippen LogP contribution >= 0.6 is 0 Å². The lowest BCUT2D eigenvalue weighted by Gasteiger charge is -2.25. The molecule has 0 aliphatic rings. The van der Waals surface area contributed by atoms with Gasteiger partial charge < -0.3 is 9.30 Å². The Morgan fingerprint density at radius 3 is 2.78 bits per heavy atom. The topological polar surface area (TPSA) is 50.8 Å². The van der Waals surface area contributed by atoms with E-state index in [1.165, 1.54) is 0 Å². The van der Waals surface area contributed by atoms with E-state index in [9.17, 15) is 0 Å². The number of para-hydroxylation sites is 1. The van der Waals surface area contributed by atoms with E-state index in [4.69, 9.17) is 10.00 Å². The van der Waals surface area contributed by atoms with Gasteiger partial charge in [-0.05, 0) is 25.5 Å². The zero-order valence-corrected chi connectivity index (χ0v) is 11.2. The SMILES string of the molecule is CCC(C)(OC)c1nc2c(C#N)cccc2n1C. The lowest BCUT2D eigenvalue weighted by Crippen LogP contribution is -2.27. The first-order valence-electron chi connectivity index (χ1n) is 5.98. The first-order valence-corrected chi connectivity index (χ1v) is 5.98. The predicted octanol–water partition coefficient (Wildman–Crippen LogP) is 2.72. The number of aryl methyl sites for hydroxylation is 1. The summed E-state index contributed by atoms with van der Waals surface area (Å²) in [5.41, 5.74) is 1.87. The van der Waals surface area contributed by atoms with Crippen molar-refractivity contribution in [2.24, 2.45) is 7.05 Å². The Morgan fingerprint density at radius 2 is 2.22 bits per heavy atom. The normalized spacial score (nSPS) is 14.4. The Morgan fingerprint density at radius 1 is 1.50 bits per heavy atom. The number of hydrogen-bond acceptors (Lipinski definition) is 3. The third kappa shape index (κ3) is 1.68. The molecule has 0 amide bonds. The van der Waals surface area contributed by atoms with Gasteiger partial charge in [-0.15, -0.1) is 0 Å². The molecule has 0 saturated carbocycles. The third-order valence-corrected chi connectivity index (χ3v) is 3.63. The van der Waals surface area contributed by atoms with Gasteiger partial charge in [-0.2, -0.15) is 5.26 Å². The molecule has 0 N–H and O–H groups in total. The molecular weight excluding hydrogens is 226 g/mol. The number of aromatic nitrogens is 2. The van der Waals surface area contributed by atoms with Gasteiger partial charge in [0.2, 0.25) is 0 Å². The Hall–Kier alpha value is -1.86. The van der Waals surface area contributed by atoms with E-state index in [0.717, 1.165) is 23.3 Å². The van der Waals surface area contributed by atoms with Gasteiger partial charge in [-0.3, -0.25) is 0 Å². The number of methoxy groups -OCH3 is 1. The van der Waals surface area contributed by atoms with Crippen LogP contribution in [0.15, 0.2) is 18.2 Å². The molecule has 1 aromatic heterocycles. The summed E-state index contributed by atoms with van der Waals surface area (Å²) in [7, 11) is 3.65. The fourth-order valence-electron chi connectivity index (χ4n) is 2.17. The van der Waals surface area contributed by atoms with Crippen molar-refractivity contribution in [3.05, 3.63) is 29.6 Å². The monoisotopic (exact) mass is 243 g/mol. The highest BCUT2D eigenvalue weighted by Crippen LogP contribution is 2.30. The molecule has 1 atom stereocenters. The van der Waals surface area contributed by atoms with Crippen molar-refractivity contribution in [2.45, 2.75) is 25.9 Å². The zero-order chi connectivity index (χ0) is 13.3. The summed E-state index contributed by atoms with van der Waals surface area (Å²) >= 11 is 0. The number of hydrogen-bond donors (Lipinski definition) is 0. The van der Waals surface area contributed by atoms with E-state index < -0.39 is 5.60 Å². The van der Waals surface area contributed by atoms with E-state index in [1.54, 1.807) is 13.2 Å².